The number of hydrazone groups is 1. The van der Waals surface area contributed by atoms with E-state index >= 15 is 0 Å². The van der Waals surface area contributed by atoms with Crippen molar-refractivity contribution >= 4 is 29.5 Å². The van der Waals surface area contributed by atoms with Crippen molar-refractivity contribution in [2.24, 2.45) is 10.8 Å². The van der Waals surface area contributed by atoms with Crippen molar-refractivity contribution in [3.8, 4) is 6.07 Å². The van der Waals surface area contributed by atoms with Crippen molar-refractivity contribution in [2.45, 2.75) is 12.5 Å². The van der Waals surface area contributed by atoms with Crippen LogP contribution >= 0.6 is 0 Å². The molecular formula is C27H22N4O. The molecule has 156 valence electrons. The van der Waals surface area contributed by atoms with Gasteiger partial charge in [-0.05, 0) is 41.0 Å². The van der Waals surface area contributed by atoms with Crippen LogP contribution in [0.3, 0.4) is 0 Å². The van der Waals surface area contributed by atoms with Gasteiger partial charge in [-0.1, -0.05) is 78.9 Å². The molecule has 2 N–H and O–H groups in total. The molecule has 0 radical (unpaired) electrons. The first kappa shape index (κ1) is 20.8. The van der Waals surface area contributed by atoms with Crippen molar-refractivity contribution in [1.29, 1.82) is 5.26 Å². The van der Waals surface area contributed by atoms with Crippen LogP contribution in [-0.4, -0.2) is 11.6 Å². The third kappa shape index (κ3) is 4.82. The van der Waals surface area contributed by atoms with Gasteiger partial charge in [0.1, 0.15) is 11.6 Å². The van der Waals surface area contributed by atoms with Crippen molar-refractivity contribution in [1.82, 2.24) is 0 Å². The summed E-state index contributed by atoms with van der Waals surface area (Å²) in [6.07, 6.45) is 6.41. The Bertz CT molecular complexity index is 1220. The Balaban J connectivity index is 1.63. The summed E-state index contributed by atoms with van der Waals surface area (Å²) in [5, 5.41) is 16.0. The summed E-state index contributed by atoms with van der Waals surface area (Å²) in [7, 11) is 0. The number of amides is 1. The molecule has 5 nitrogen and oxygen atoms in total. The molecule has 1 atom stereocenters. The van der Waals surface area contributed by atoms with E-state index in [2.05, 4.69) is 36.4 Å². The lowest BCUT2D eigenvalue weighted by Gasteiger charge is -2.24. The Labute approximate surface area is 187 Å². The number of carbonyl (C=O) groups excluding carboxylic acids is 1. The Morgan fingerprint density at radius 2 is 1.59 bits per heavy atom. The quantitative estimate of drug-likeness (QED) is 0.447. The Morgan fingerprint density at radius 3 is 2.22 bits per heavy atom. The van der Waals surface area contributed by atoms with Crippen LogP contribution in [-0.2, 0) is 4.79 Å². The second kappa shape index (κ2) is 9.59. The summed E-state index contributed by atoms with van der Waals surface area (Å²) in [6, 6.07) is 29.9. The van der Waals surface area contributed by atoms with Crippen LogP contribution in [0.1, 0.15) is 29.2 Å². The Kier molecular flexibility index (Phi) is 6.24. The normalized spacial score (nSPS) is 16.1. The van der Waals surface area contributed by atoms with Gasteiger partial charge in [0.2, 0.25) is 0 Å². The molecule has 4 rings (SSSR count). The zero-order valence-corrected chi connectivity index (χ0v) is 17.4. The lowest BCUT2D eigenvalue weighted by Crippen LogP contribution is -2.18. The SMILES string of the molecule is N#C/C(=C\c1ccc(N2N=C(/C=C/c3ccccc3)CC2c2ccccc2)cc1)C(N)=O. The molecule has 0 saturated carbocycles. The monoisotopic (exact) mass is 418 g/mol. The van der Waals surface area contributed by atoms with Crippen molar-refractivity contribution < 1.29 is 4.79 Å². The van der Waals surface area contributed by atoms with E-state index < -0.39 is 5.91 Å². The molecule has 1 aliphatic rings. The first-order valence-corrected chi connectivity index (χ1v) is 10.3. The Morgan fingerprint density at radius 1 is 0.938 bits per heavy atom. The van der Waals surface area contributed by atoms with Gasteiger partial charge < -0.3 is 5.73 Å². The predicted octanol–water partition coefficient (Wildman–Crippen LogP) is 5.10. The molecule has 0 aromatic heterocycles. The summed E-state index contributed by atoms with van der Waals surface area (Å²) < 4.78 is 0. The van der Waals surface area contributed by atoms with Gasteiger partial charge >= 0.3 is 0 Å². The average molecular weight is 419 g/mol. The largest absolute Gasteiger partial charge is 0.365 e. The van der Waals surface area contributed by atoms with Crippen molar-refractivity contribution in [2.75, 3.05) is 5.01 Å². The van der Waals surface area contributed by atoms with Gasteiger partial charge in [0.05, 0.1) is 17.4 Å². The number of allylic oxidation sites excluding steroid dienone is 1. The zero-order valence-electron chi connectivity index (χ0n) is 17.4. The number of nitrogens with zero attached hydrogens (tertiary/aromatic N) is 3. The highest BCUT2D eigenvalue weighted by Gasteiger charge is 2.28. The van der Waals surface area contributed by atoms with Gasteiger partial charge in [-0.25, -0.2) is 0 Å². The number of nitriles is 1. The van der Waals surface area contributed by atoms with E-state index in [4.69, 9.17) is 16.1 Å². The van der Waals surface area contributed by atoms with E-state index in [-0.39, 0.29) is 11.6 Å². The maximum Gasteiger partial charge on any atom is 0.259 e. The molecule has 0 bridgehead atoms. The van der Waals surface area contributed by atoms with Crippen LogP contribution in [0, 0.1) is 11.3 Å². The summed E-state index contributed by atoms with van der Waals surface area (Å²) in [4.78, 5) is 11.3. The number of nitrogens with two attached hydrogens (primary N) is 1. The molecule has 1 amide bonds. The van der Waals surface area contributed by atoms with E-state index in [1.807, 2.05) is 71.7 Å². The number of carbonyl (C=O) groups is 1. The highest BCUT2D eigenvalue weighted by molar-refractivity contribution is 6.01. The fourth-order valence-electron chi connectivity index (χ4n) is 3.61. The van der Waals surface area contributed by atoms with E-state index in [9.17, 15) is 4.79 Å². The van der Waals surface area contributed by atoms with Gasteiger partial charge in [0, 0.05) is 6.42 Å². The molecule has 3 aromatic carbocycles. The Hall–Kier alpha value is -4.43. The highest BCUT2D eigenvalue weighted by atomic mass is 16.1. The summed E-state index contributed by atoms with van der Waals surface area (Å²) >= 11 is 0. The molecular weight excluding hydrogens is 396 g/mol. The van der Waals surface area contributed by atoms with E-state index in [0.29, 0.717) is 0 Å². The van der Waals surface area contributed by atoms with Crippen LogP contribution < -0.4 is 10.7 Å². The van der Waals surface area contributed by atoms with Crippen LogP contribution in [0.5, 0.6) is 0 Å². The minimum absolute atomic E-state index is 0.0764. The van der Waals surface area contributed by atoms with Crippen molar-refractivity contribution in [3.05, 3.63) is 113 Å². The number of hydrogen-bond acceptors (Lipinski definition) is 4. The highest BCUT2D eigenvalue weighted by Crippen LogP contribution is 2.35. The number of rotatable bonds is 6. The molecule has 0 fully saturated rings. The van der Waals surface area contributed by atoms with Gasteiger partial charge in [0.25, 0.3) is 5.91 Å². The first-order valence-electron chi connectivity index (χ1n) is 10.3. The van der Waals surface area contributed by atoms with Gasteiger partial charge in [-0.15, -0.1) is 0 Å². The molecule has 1 aliphatic heterocycles. The molecule has 1 heterocycles. The molecule has 1 unspecified atom stereocenters. The predicted molar refractivity (Wildman–Crippen MR) is 128 cm³/mol. The first-order chi connectivity index (χ1) is 15.6. The van der Waals surface area contributed by atoms with E-state index in [1.54, 1.807) is 0 Å². The van der Waals surface area contributed by atoms with E-state index in [0.717, 1.165) is 28.9 Å². The van der Waals surface area contributed by atoms with Gasteiger partial charge in [-0.2, -0.15) is 10.4 Å². The number of hydrogen-bond donors (Lipinski definition) is 1. The summed E-state index contributed by atoms with van der Waals surface area (Å²) in [6.45, 7) is 0. The maximum atomic E-state index is 11.3. The van der Waals surface area contributed by atoms with Gasteiger partial charge in [0.15, 0.2) is 0 Å². The van der Waals surface area contributed by atoms with Crippen LogP contribution in [0.4, 0.5) is 5.69 Å². The van der Waals surface area contributed by atoms with Crippen molar-refractivity contribution in [3.63, 3.8) is 0 Å². The summed E-state index contributed by atoms with van der Waals surface area (Å²) in [5.74, 6) is -0.736. The lowest BCUT2D eigenvalue weighted by molar-refractivity contribution is -0.114. The molecule has 0 spiro atoms. The van der Waals surface area contributed by atoms with Crippen LogP contribution in [0.2, 0.25) is 0 Å². The molecule has 3 aromatic rings. The maximum absolute atomic E-state index is 11.3. The third-order valence-electron chi connectivity index (χ3n) is 5.24. The fraction of sp³-hybridized carbons (Fsp3) is 0.0741. The molecule has 32 heavy (non-hydrogen) atoms. The standard InChI is InChI=1S/C27H22N4O/c28-19-23(27(29)32)17-21-12-15-25(16-13-21)31-26(22-9-5-2-6-10-22)18-24(30-31)14-11-20-7-3-1-4-8-20/h1-17,26H,18H2,(H2,29,32)/b14-11+,23-17+. The smallest absolute Gasteiger partial charge is 0.259 e. The zero-order chi connectivity index (χ0) is 22.3. The lowest BCUT2D eigenvalue weighted by atomic mass is 10.0. The van der Waals surface area contributed by atoms with Gasteiger partial charge in [-0.3, -0.25) is 9.80 Å². The topological polar surface area (TPSA) is 82.5 Å². The number of benzene rings is 3. The molecule has 5 heteroatoms. The number of anilines is 1. The average Bonchev–Trinajstić information content (AvgIpc) is 3.27. The second-order valence-electron chi connectivity index (χ2n) is 7.44. The summed E-state index contributed by atoms with van der Waals surface area (Å²) in [5.41, 5.74) is 10.1. The van der Waals surface area contributed by atoms with Crippen LogP contribution in [0.25, 0.3) is 12.2 Å². The van der Waals surface area contributed by atoms with E-state index in [1.165, 1.54) is 11.6 Å². The molecule has 0 aliphatic carbocycles. The minimum Gasteiger partial charge on any atom is -0.365 e. The second-order valence-corrected chi connectivity index (χ2v) is 7.44. The van der Waals surface area contributed by atoms with Crippen LogP contribution in [0.15, 0.2) is 102 Å². The minimum atomic E-state index is -0.736. The number of primary amides is 1. The molecule has 0 saturated heterocycles. The fourth-order valence-corrected chi connectivity index (χ4v) is 3.61. The third-order valence-corrected chi connectivity index (χ3v) is 5.24.